The van der Waals surface area contributed by atoms with Crippen molar-refractivity contribution in [3.8, 4) is 0 Å². The molecule has 0 saturated heterocycles. The van der Waals surface area contributed by atoms with Crippen molar-refractivity contribution in [2.45, 2.75) is 0 Å². The van der Waals surface area contributed by atoms with Crippen LogP contribution in [0.3, 0.4) is 0 Å². The van der Waals surface area contributed by atoms with Gasteiger partial charge in [0.25, 0.3) is 0 Å². The number of carboxylic acids is 3. The molecule has 0 amide bonds. The van der Waals surface area contributed by atoms with Crippen molar-refractivity contribution < 1.29 is 44.4 Å². The number of carboxylic acid groups (broad SMARTS) is 3. The third-order valence-corrected chi connectivity index (χ3v) is 4.89. The van der Waals surface area contributed by atoms with E-state index in [1.165, 1.54) is 54.6 Å². The first kappa shape index (κ1) is 23.6. The standard InChI is InChI=1S/C25H16O9/c26-18(27)12-6-5-11-17-19(13-7-1-3-9-15(13)24(31)32)22(29)23(30)20(21(17)28)14-8-2-4-10-16(14)25(33)34/h1-12,28H,(H,26,27)(H,31,32)(H,33,34)/b11-5+,12-6+. The lowest BCUT2D eigenvalue weighted by Gasteiger charge is -2.22. The first-order valence-corrected chi connectivity index (χ1v) is 9.65. The highest BCUT2D eigenvalue weighted by Gasteiger charge is 2.38. The van der Waals surface area contributed by atoms with E-state index >= 15 is 0 Å². The highest BCUT2D eigenvalue weighted by atomic mass is 16.4. The Labute approximate surface area is 191 Å². The number of aliphatic carboxylic acids is 1. The lowest BCUT2D eigenvalue weighted by molar-refractivity contribution is -0.131. The number of aliphatic hydroxyl groups is 1. The number of carbonyl (C=O) groups is 5. The first-order valence-electron chi connectivity index (χ1n) is 9.65. The van der Waals surface area contributed by atoms with Crippen LogP contribution in [0.5, 0.6) is 0 Å². The zero-order chi connectivity index (χ0) is 25.0. The van der Waals surface area contributed by atoms with Gasteiger partial charge in [-0.3, -0.25) is 9.59 Å². The molecule has 3 rings (SSSR count). The van der Waals surface area contributed by atoms with E-state index in [-0.39, 0.29) is 27.8 Å². The van der Waals surface area contributed by atoms with Gasteiger partial charge in [-0.05, 0) is 12.1 Å². The van der Waals surface area contributed by atoms with Crippen LogP contribution < -0.4 is 0 Å². The minimum atomic E-state index is -1.40. The van der Waals surface area contributed by atoms with Gasteiger partial charge < -0.3 is 20.4 Å². The summed E-state index contributed by atoms with van der Waals surface area (Å²) < 4.78 is 0. The fourth-order valence-electron chi connectivity index (χ4n) is 3.45. The predicted molar refractivity (Wildman–Crippen MR) is 119 cm³/mol. The van der Waals surface area contributed by atoms with E-state index in [9.17, 15) is 39.3 Å². The van der Waals surface area contributed by atoms with Crippen molar-refractivity contribution in [1.29, 1.82) is 0 Å². The predicted octanol–water partition coefficient (Wildman–Crippen LogP) is 3.15. The summed E-state index contributed by atoms with van der Waals surface area (Å²) >= 11 is 0. The Kier molecular flexibility index (Phi) is 6.68. The largest absolute Gasteiger partial charge is 0.506 e. The Bertz CT molecular complexity index is 1370. The van der Waals surface area contributed by atoms with Gasteiger partial charge in [-0.25, -0.2) is 14.4 Å². The molecular weight excluding hydrogens is 444 g/mol. The van der Waals surface area contributed by atoms with Gasteiger partial charge in [-0.2, -0.15) is 0 Å². The first-order chi connectivity index (χ1) is 16.1. The van der Waals surface area contributed by atoms with Crippen LogP contribution in [0.1, 0.15) is 31.8 Å². The molecule has 0 spiro atoms. The summed E-state index contributed by atoms with van der Waals surface area (Å²) in [5, 5.41) is 38.9. The van der Waals surface area contributed by atoms with Crippen molar-refractivity contribution in [2.24, 2.45) is 0 Å². The van der Waals surface area contributed by atoms with Crippen molar-refractivity contribution in [3.63, 3.8) is 0 Å². The van der Waals surface area contributed by atoms with E-state index in [4.69, 9.17) is 5.11 Å². The molecule has 170 valence electrons. The minimum Gasteiger partial charge on any atom is -0.506 e. The third kappa shape index (κ3) is 4.44. The summed E-state index contributed by atoms with van der Waals surface area (Å²) in [4.78, 5) is 60.4. The van der Waals surface area contributed by atoms with Gasteiger partial charge in [0.1, 0.15) is 5.76 Å². The van der Waals surface area contributed by atoms with Crippen molar-refractivity contribution >= 4 is 40.6 Å². The number of benzene rings is 2. The van der Waals surface area contributed by atoms with Crippen LogP contribution in [0.2, 0.25) is 0 Å². The molecule has 0 aliphatic heterocycles. The molecular formula is C25H16O9. The molecule has 4 N–H and O–H groups in total. The molecule has 0 saturated carbocycles. The van der Waals surface area contributed by atoms with Gasteiger partial charge in [-0.15, -0.1) is 0 Å². The molecule has 0 unspecified atom stereocenters. The van der Waals surface area contributed by atoms with Gasteiger partial charge in [0.05, 0.1) is 16.7 Å². The van der Waals surface area contributed by atoms with E-state index in [0.29, 0.717) is 0 Å². The SMILES string of the molecule is O=C(O)/C=C/C=C/C1=C(c2ccccc2C(=O)O)C(=O)C(=O)C(c2ccccc2C(=O)O)=C1O. The number of hydrogen-bond donors (Lipinski definition) is 4. The van der Waals surface area contributed by atoms with E-state index in [1.54, 1.807) is 0 Å². The summed E-state index contributed by atoms with van der Waals surface area (Å²) in [7, 11) is 0. The summed E-state index contributed by atoms with van der Waals surface area (Å²) in [5.41, 5.74) is -2.26. The second kappa shape index (κ2) is 9.61. The fourth-order valence-corrected chi connectivity index (χ4v) is 3.45. The molecule has 9 nitrogen and oxygen atoms in total. The number of aliphatic hydroxyl groups excluding tert-OH is 1. The van der Waals surface area contributed by atoms with Crippen LogP contribution >= 0.6 is 0 Å². The van der Waals surface area contributed by atoms with Crippen LogP contribution in [0.15, 0.2) is 84.2 Å². The Morgan fingerprint density at radius 1 is 0.676 bits per heavy atom. The number of hydrogen-bond acceptors (Lipinski definition) is 6. The molecule has 0 heterocycles. The number of ketones is 2. The molecule has 34 heavy (non-hydrogen) atoms. The monoisotopic (exact) mass is 460 g/mol. The van der Waals surface area contributed by atoms with Crippen LogP contribution in [-0.4, -0.2) is 49.9 Å². The van der Waals surface area contributed by atoms with E-state index in [0.717, 1.165) is 18.2 Å². The molecule has 0 bridgehead atoms. The molecule has 1 aliphatic rings. The molecule has 0 fully saturated rings. The van der Waals surface area contributed by atoms with Gasteiger partial charge in [0, 0.05) is 28.3 Å². The van der Waals surface area contributed by atoms with Crippen molar-refractivity contribution in [1.82, 2.24) is 0 Å². The Balaban J connectivity index is 2.40. The second-order valence-corrected chi connectivity index (χ2v) is 6.93. The maximum absolute atomic E-state index is 13.2. The van der Waals surface area contributed by atoms with Crippen molar-refractivity contribution in [3.05, 3.63) is 106 Å². The highest BCUT2D eigenvalue weighted by molar-refractivity contribution is 6.67. The Hall–Kier alpha value is -5.05. The maximum atomic E-state index is 13.2. The van der Waals surface area contributed by atoms with E-state index in [1.807, 2.05) is 0 Å². The number of rotatable bonds is 7. The molecule has 2 aromatic carbocycles. The summed E-state index contributed by atoms with van der Waals surface area (Å²) in [6.07, 6.45) is 4.18. The van der Waals surface area contributed by atoms with Crippen LogP contribution in [0.4, 0.5) is 0 Å². The van der Waals surface area contributed by atoms with Crippen molar-refractivity contribution in [2.75, 3.05) is 0 Å². The zero-order valence-electron chi connectivity index (χ0n) is 17.3. The molecule has 1 aliphatic carbocycles. The molecule has 2 aromatic rings. The summed E-state index contributed by atoms with van der Waals surface area (Å²) in [6.45, 7) is 0. The fraction of sp³-hybridized carbons (Fsp3) is 0. The summed E-state index contributed by atoms with van der Waals surface area (Å²) in [5.74, 6) is -7.19. The summed E-state index contributed by atoms with van der Waals surface area (Å²) in [6, 6.07) is 10.6. The maximum Gasteiger partial charge on any atom is 0.336 e. The van der Waals surface area contributed by atoms with Gasteiger partial charge in [0.2, 0.25) is 11.6 Å². The number of allylic oxidation sites excluding steroid dienone is 5. The number of aromatic carboxylic acids is 2. The Morgan fingerprint density at radius 3 is 1.65 bits per heavy atom. The topological polar surface area (TPSA) is 166 Å². The van der Waals surface area contributed by atoms with Crippen LogP contribution in [0.25, 0.3) is 11.1 Å². The normalized spacial score (nSPS) is 14.4. The smallest absolute Gasteiger partial charge is 0.336 e. The lowest BCUT2D eigenvalue weighted by atomic mass is 9.80. The number of carbonyl (C=O) groups excluding carboxylic acids is 2. The van der Waals surface area contributed by atoms with E-state index in [2.05, 4.69) is 0 Å². The Morgan fingerprint density at radius 2 is 1.15 bits per heavy atom. The zero-order valence-corrected chi connectivity index (χ0v) is 17.3. The van der Waals surface area contributed by atoms with Crippen LogP contribution in [-0.2, 0) is 14.4 Å². The van der Waals surface area contributed by atoms with E-state index < -0.39 is 46.4 Å². The average Bonchev–Trinajstić information content (AvgIpc) is 2.80. The highest BCUT2D eigenvalue weighted by Crippen LogP contribution is 2.38. The van der Waals surface area contributed by atoms with Gasteiger partial charge in [0.15, 0.2) is 0 Å². The molecule has 0 aromatic heterocycles. The third-order valence-electron chi connectivity index (χ3n) is 4.89. The number of Topliss-reactive ketones (excluding diaryl/α,β-unsaturated/α-hetero) is 2. The molecule has 9 heteroatoms. The average molecular weight is 460 g/mol. The molecule has 0 atom stereocenters. The molecule has 0 radical (unpaired) electrons. The second-order valence-electron chi connectivity index (χ2n) is 6.93. The lowest BCUT2D eigenvalue weighted by Crippen LogP contribution is -2.26. The quantitative estimate of drug-likeness (QED) is 0.210. The van der Waals surface area contributed by atoms with Crippen LogP contribution in [0, 0.1) is 0 Å². The minimum absolute atomic E-state index is 0.146. The van der Waals surface area contributed by atoms with Gasteiger partial charge in [-0.1, -0.05) is 54.6 Å². The van der Waals surface area contributed by atoms with Gasteiger partial charge >= 0.3 is 17.9 Å².